The molecule has 1 aromatic carbocycles. The standard InChI is InChI=1S/C13H15BrClNO/c1-8(6-9-2-3-9)16-13(17)10-4-5-11(14)12(15)7-10/h4-5,7-9H,2-3,6H2,1H3,(H,16,17). The highest BCUT2D eigenvalue weighted by molar-refractivity contribution is 9.10. The van der Waals surface area contributed by atoms with E-state index >= 15 is 0 Å². The minimum absolute atomic E-state index is 0.0486. The molecule has 1 fully saturated rings. The fourth-order valence-corrected chi connectivity index (χ4v) is 2.28. The predicted octanol–water partition coefficient (Wildman–Crippen LogP) is 4.02. The zero-order valence-electron chi connectivity index (χ0n) is 9.67. The number of hydrogen-bond donors (Lipinski definition) is 1. The van der Waals surface area contributed by atoms with E-state index in [1.807, 2.05) is 0 Å². The van der Waals surface area contributed by atoms with Gasteiger partial charge in [-0.2, -0.15) is 0 Å². The second-order valence-electron chi connectivity index (χ2n) is 4.68. The highest BCUT2D eigenvalue weighted by Crippen LogP contribution is 2.33. The van der Waals surface area contributed by atoms with Crippen molar-refractivity contribution >= 4 is 33.4 Å². The van der Waals surface area contributed by atoms with E-state index in [1.54, 1.807) is 18.2 Å². The molecule has 0 bridgehead atoms. The van der Waals surface area contributed by atoms with E-state index in [-0.39, 0.29) is 11.9 Å². The van der Waals surface area contributed by atoms with Crippen molar-refractivity contribution in [1.82, 2.24) is 5.32 Å². The van der Waals surface area contributed by atoms with Gasteiger partial charge in [0.2, 0.25) is 0 Å². The first-order valence-corrected chi connectivity index (χ1v) is 6.99. The van der Waals surface area contributed by atoms with Gasteiger partial charge < -0.3 is 5.32 Å². The van der Waals surface area contributed by atoms with Crippen LogP contribution in [0.2, 0.25) is 5.02 Å². The molecule has 1 aromatic rings. The number of benzene rings is 1. The van der Waals surface area contributed by atoms with Crippen LogP contribution in [0, 0.1) is 5.92 Å². The maximum Gasteiger partial charge on any atom is 0.251 e. The number of nitrogens with one attached hydrogen (secondary N) is 1. The average molecular weight is 317 g/mol. The quantitative estimate of drug-likeness (QED) is 0.893. The highest BCUT2D eigenvalue weighted by atomic mass is 79.9. The molecule has 0 aliphatic heterocycles. The van der Waals surface area contributed by atoms with Gasteiger partial charge in [0.05, 0.1) is 5.02 Å². The molecule has 0 heterocycles. The zero-order chi connectivity index (χ0) is 12.4. The molecule has 0 spiro atoms. The molecule has 1 unspecified atom stereocenters. The van der Waals surface area contributed by atoms with E-state index in [1.165, 1.54) is 12.8 Å². The van der Waals surface area contributed by atoms with Crippen LogP contribution < -0.4 is 5.32 Å². The normalized spacial score (nSPS) is 16.6. The van der Waals surface area contributed by atoms with Crippen LogP contribution >= 0.6 is 27.5 Å². The molecule has 1 N–H and O–H groups in total. The lowest BCUT2D eigenvalue weighted by molar-refractivity contribution is 0.0937. The number of rotatable bonds is 4. The van der Waals surface area contributed by atoms with Gasteiger partial charge in [0.25, 0.3) is 5.91 Å². The van der Waals surface area contributed by atoms with Crippen molar-refractivity contribution in [3.05, 3.63) is 33.3 Å². The Bertz CT molecular complexity index is 431. The van der Waals surface area contributed by atoms with Gasteiger partial charge in [-0.05, 0) is 53.4 Å². The van der Waals surface area contributed by atoms with Crippen LogP contribution in [0.15, 0.2) is 22.7 Å². The van der Waals surface area contributed by atoms with Crippen molar-refractivity contribution in [3.63, 3.8) is 0 Å². The Morgan fingerprint density at radius 1 is 1.59 bits per heavy atom. The lowest BCUT2D eigenvalue weighted by Gasteiger charge is -2.13. The fourth-order valence-electron chi connectivity index (χ4n) is 1.86. The molecule has 0 radical (unpaired) electrons. The van der Waals surface area contributed by atoms with Crippen molar-refractivity contribution in [2.24, 2.45) is 5.92 Å². The third-order valence-corrected chi connectivity index (χ3v) is 4.18. The molecule has 0 saturated heterocycles. The third-order valence-electron chi connectivity index (χ3n) is 2.94. The summed E-state index contributed by atoms with van der Waals surface area (Å²) in [6, 6.07) is 5.49. The minimum Gasteiger partial charge on any atom is -0.350 e. The van der Waals surface area contributed by atoms with Crippen molar-refractivity contribution in [1.29, 1.82) is 0 Å². The Morgan fingerprint density at radius 2 is 2.29 bits per heavy atom. The molecule has 1 atom stereocenters. The van der Waals surface area contributed by atoms with Gasteiger partial charge in [0.15, 0.2) is 0 Å². The van der Waals surface area contributed by atoms with Crippen LogP contribution in [-0.4, -0.2) is 11.9 Å². The van der Waals surface area contributed by atoms with Crippen molar-refractivity contribution in [2.75, 3.05) is 0 Å². The summed E-state index contributed by atoms with van der Waals surface area (Å²) in [5.41, 5.74) is 0.612. The number of carbonyl (C=O) groups excluding carboxylic acids is 1. The largest absolute Gasteiger partial charge is 0.350 e. The lowest BCUT2D eigenvalue weighted by Crippen LogP contribution is -2.32. The van der Waals surface area contributed by atoms with Crippen molar-refractivity contribution in [3.8, 4) is 0 Å². The van der Waals surface area contributed by atoms with Gasteiger partial charge >= 0.3 is 0 Å². The molecule has 1 amide bonds. The van der Waals surface area contributed by atoms with Crippen molar-refractivity contribution < 1.29 is 4.79 Å². The SMILES string of the molecule is CC(CC1CC1)NC(=O)c1ccc(Br)c(Cl)c1. The first kappa shape index (κ1) is 12.9. The smallest absolute Gasteiger partial charge is 0.251 e. The van der Waals surface area contributed by atoms with Gasteiger partial charge in [0, 0.05) is 16.1 Å². The van der Waals surface area contributed by atoms with Crippen LogP contribution in [0.4, 0.5) is 0 Å². The molecule has 2 nitrogen and oxygen atoms in total. The van der Waals surface area contributed by atoms with Crippen LogP contribution in [-0.2, 0) is 0 Å². The predicted molar refractivity (Wildman–Crippen MR) is 73.4 cm³/mol. The van der Waals surface area contributed by atoms with Crippen LogP contribution in [0.5, 0.6) is 0 Å². The van der Waals surface area contributed by atoms with Gasteiger partial charge in [-0.25, -0.2) is 0 Å². The average Bonchev–Trinajstić information content (AvgIpc) is 3.05. The van der Waals surface area contributed by atoms with E-state index in [9.17, 15) is 4.79 Å². The van der Waals surface area contributed by atoms with Crippen LogP contribution in [0.1, 0.15) is 36.5 Å². The minimum atomic E-state index is -0.0486. The molecule has 2 rings (SSSR count). The molecule has 0 aromatic heterocycles. The topological polar surface area (TPSA) is 29.1 Å². The number of carbonyl (C=O) groups is 1. The number of hydrogen-bond acceptors (Lipinski definition) is 1. The molecule has 1 aliphatic rings. The van der Waals surface area contributed by atoms with Gasteiger partial charge in [-0.1, -0.05) is 24.4 Å². The van der Waals surface area contributed by atoms with E-state index < -0.39 is 0 Å². The molecule has 4 heteroatoms. The maximum absolute atomic E-state index is 11.9. The summed E-state index contributed by atoms with van der Waals surface area (Å²) in [6.07, 6.45) is 3.70. The van der Waals surface area contributed by atoms with E-state index in [0.29, 0.717) is 10.6 Å². The van der Waals surface area contributed by atoms with Gasteiger partial charge in [-0.15, -0.1) is 0 Å². The molecule has 1 saturated carbocycles. The zero-order valence-corrected chi connectivity index (χ0v) is 12.0. The molecule has 92 valence electrons. The fraction of sp³-hybridized carbons (Fsp3) is 0.462. The Morgan fingerprint density at radius 3 is 2.88 bits per heavy atom. The third kappa shape index (κ3) is 3.71. The van der Waals surface area contributed by atoms with Crippen LogP contribution in [0.3, 0.4) is 0 Å². The first-order chi connectivity index (χ1) is 8.06. The van der Waals surface area contributed by atoms with Gasteiger partial charge in [-0.3, -0.25) is 4.79 Å². The molecular formula is C13H15BrClNO. The molecular weight excluding hydrogens is 302 g/mol. The maximum atomic E-state index is 11.9. The Balaban J connectivity index is 1.95. The second kappa shape index (κ2) is 5.40. The summed E-state index contributed by atoms with van der Waals surface area (Å²) in [5.74, 6) is 0.770. The summed E-state index contributed by atoms with van der Waals surface area (Å²) in [4.78, 5) is 11.9. The number of amides is 1. The summed E-state index contributed by atoms with van der Waals surface area (Å²) in [7, 11) is 0. The monoisotopic (exact) mass is 315 g/mol. The van der Waals surface area contributed by atoms with Crippen molar-refractivity contribution in [2.45, 2.75) is 32.2 Å². The summed E-state index contributed by atoms with van der Waals surface area (Å²) in [6.45, 7) is 2.05. The first-order valence-electron chi connectivity index (χ1n) is 5.82. The summed E-state index contributed by atoms with van der Waals surface area (Å²) < 4.78 is 0.807. The highest BCUT2D eigenvalue weighted by Gasteiger charge is 2.24. The molecule has 17 heavy (non-hydrogen) atoms. The summed E-state index contributed by atoms with van der Waals surface area (Å²) >= 11 is 9.27. The Hall–Kier alpha value is -0.540. The Kier molecular flexibility index (Phi) is 4.10. The Labute approximate surface area is 115 Å². The van der Waals surface area contributed by atoms with Gasteiger partial charge in [0.1, 0.15) is 0 Å². The van der Waals surface area contributed by atoms with E-state index in [4.69, 9.17) is 11.6 Å². The van der Waals surface area contributed by atoms with Crippen LogP contribution in [0.25, 0.3) is 0 Å². The summed E-state index contributed by atoms with van der Waals surface area (Å²) in [5, 5.41) is 3.56. The number of halogens is 2. The van der Waals surface area contributed by atoms with E-state index in [2.05, 4.69) is 28.2 Å². The van der Waals surface area contributed by atoms with E-state index in [0.717, 1.165) is 16.8 Å². The molecule has 1 aliphatic carbocycles. The lowest BCUT2D eigenvalue weighted by atomic mass is 10.1. The second-order valence-corrected chi connectivity index (χ2v) is 5.94.